The third kappa shape index (κ3) is 2.84. The molecule has 2 aliphatic rings. The molecule has 2 aromatic carbocycles. The second-order valence-corrected chi connectivity index (χ2v) is 6.51. The van der Waals surface area contributed by atoms with Crippen molar-refractivity contribution in [1.82, 2.24) is 0 Å². The lowest BCUT2D eigenvalue weighted by atomic mass is 10.1. The van der Waals surface area contributed by atoms with Crippen LogP contribution in [0.4, 0.5) is 11.4 Å². The van der Waals surface area contributed by atoms with Crippen molar-refractivity contribution in [2.75, 3.05) is 29.5 Å². The molecule has 1 aliphatic heterocycles. The van der Waals surface area contributed by atoms with Crippen molar-refractivity contribution in [3.8, 4) is 5.75 Å². The number of aryl methyl sites for hydroxylation is 1. The van der Waals surface area contributed by atoms with Crippen LogP contribution in [0.25, 0.3) is 0 Å². The van der Waals surface area contributed by atoms with Crippen molar-refractivity contribution < 1.29 is 9.53 Å². The Morgan fingerprint density at radius 3 is 2.50 bits per heavy atom. The molecule has 1 amide bonds. The summed E-state index contributed by atoms with van der Waals surface area (Å²) < 4.78 is 5.75. The van der Waals surface area contributed by atoms with Crippen molar-refractivity contribution in [3.63, 3.8) is 0 Å². The third-order valence-electron chi connectivity index (χ3n) is 4.78. The van der Waals surface area contributed by atoms with E-state index < -0.39 is 0 Å². The quantitative estimate of drug-likeness (QED) is 0.865. The zero-order valence-electron chi connectivity index (χ0n) is 13.9. The standard InChI is InChI=1S/C20H22N2O2/c1-15-6-2-5-9-19(15)24-14-20(23)22-13-12-21(16-10-11-16)17-7-3-4-8-18(17)22/h2-9,16H,10-14H2,1H3. The summed E-state index contributed by atoms with van der Waals surface area (Å²) in [6, 6.07) is 16.7. The van der Waals surface area contributed by atoms with E-state index in [4.69, 9.17) is 4.74 Å². The van der Waals surface area contributed by atoms with E-state index in [1.54, 1.807) is 0 Å². The average molecular weight is 322 g/mol. The van der Waals surface area contributed by atoms with Crippen molar-refractivity contribution in [2.24, 2.45) is 0 Å². The summed E-state index contributed by atoms with van der Waals surface area (Å²) in [5, 5.41) is 0. The molecule has 0 spiro atoms. The van der Waals surface area contributed by atoms with Crippen LogP contribution in [-0.2, 0) is 4.79 Å². The maximum Gasteiger partial charge on any atom is 0.265 e. The third-order valence-corrected chi connectivity index (χ3v) is 4.78. The van der Waals surface area contributed by atoms with Gasteiger partial charge >= 0.3 is 0 Å². The molecule has 0 atom stereocenters. The van der Waals surface area contributed by atoms with Crippen LogP contribution >= 0.6 is 0 Å². The largest absolute Gasteiger partial charge is 0.483 e. The Bertz CT molecular complexity index is 755. The van der Waals surface area contributed by atoms with Crippen molar-refractivity contribution >= 4 is 17.3 Å². The lowest BCUT2D eigenvalue weighted by Crippen LogP contribution is -2.46. The summed E-state index contributed by atoms with van der Waals surface area (Å²) in [6.07, 6.45) is 2.53. The fraction of sp³-hybridized carbons (Fsp3) is 0.350. The van der Waals surface area contributed by atoms with Gasteiger partial charge in [-0.3, -0.25) is 4.79 Å². The molecule has 1 heterocycles. The monoisotopic (exact) mass is 322 g/mol. The lowest BCUT2D eigenvalue weighted by molar-refractivity contribution is -0.120. The second kappa shape index (κ2) is 6.19. The molecule has 0 aromatic heterocycles. The van der Waals surface area contributed by atoms with Gasteiger partial charge in [-0.05, 0) is 43.5 Å². The van der Waals surface area contributed by atoms with Crippen molar-refractivity contribution in [1.29, 1.82) is 0 Å². The molecule has 124 valence electrons. The molecule has 1 saturated carbocycles. The normalized spacial score (nSPS) is 16.7. The van der Waals surface area contributed by atoms with Crippen LogP contribution < -0.4 is 14.5 Å². The first-order chi connectivity index (χ1) is 11.7. The molecule has 1 aliphatic carbocycles. The van der Waals surface area contributed by atoms with Gasteiger partial charge in [0.25, 0.3) is 5.91 Å². The Morgan fingerprint density at radius 2 is 1.75 bits per heavy atom. The Labute approximate surface area is 142 Å². The highest BCUT2D eigenvalue weighted by Gasteiger charge is 2.35. The molecule has 24 heavy (non-hydrogen) atoms. The number of amides is 1. The summed E-state index contributed by atoms with van der Waals surface area (Å²) in [5.74, 6) is 0.789. The van der Waals surface area contributed by atoms with Gasteiger partial charge < -0.3 is 14.5 Å². The summed E-state index contributed by atoms with van der Waals surface area (Å²) in [4.78, 5) is 17.0. The number of anilines is 2. The topological polar surface area (TPSA) is 32.8 Å². The maximum absolute atomic E-state index is 12.7. The molecular formula is C20H22N2O2. The number of hydrogen-bond acceptors (Lipinski definition) is 3. The Hall–Kier alpha value is -2.49. The minimum Gasteiger partial charge on any atom is -0.483 e. The van der Waals surface area contributed by atoms with Gasteiger partial charge in [-0.15, -0.1) is 0 Å². The number of ether oxygens (including phenoxy) is 1. The van der Waals surface area contributed by atoms with Crippen LogP contribution in [0, 0.1) is 6.92 Å². The van der Waals surface area contributed by atoms with Crippen LogP contribution in [0.3, 0.4) is 0 Å². The van der Waals surface area contributed by atoms with Crippen molar-refractivity contribution in [3.05, 3.63) is 54.1 Å². The maximum atomic E-state index is 12.7. The number of benzene rings is 2. The van der Waals surface area contributed by atoms with Gasteiger partial charge in [-0.1, -0.05) is 30.3 Å². The van der Waals surface area contributed by atoms with Gasteiger partial charge in [-0.2, -0.15) is 0 Å². The Morgan fingerprint density at radius 1 is 1.04 bits per heavy atom. The first-order valence-electron chi connectivity index (χ1n) is 8.58. The number of rotatable bonds is 4. The number of carbonyl (C=O) groups is 1. The van der Waals surface area contributed by atoms with E-state index in [0.717, 1.165) is 30.1 Å². The van der Waals surface area contributed by atoms with Crippen LogP contribution in [-0.4, -0.2) is 31.6 Å². The molecule has 0 N–H and O–H groups in total. The molecule has 0 bridgehead atoms. The van der Waals surface area contributed by atoms with E-state index in [-0.39, 0.29) is 12.5 Å². The van der Waals surface area contributed by atoms with Crippen LogP contribution in [0.1, 0.15) is 18.4 Å². The smallest absolute Gasteiger partial charge is 0.265 e. The second-order valence-electron chi connectivity index (χ2n) is 6.51. The van der Waals surface area contributed by atoms with E-state index >= 15 is 0 Å². The Balaban J connectivity index is 1.50. The lowest BCUT2D eigenvalue weighted by Gasteiger charge is -2.38. The number of para-hydroxylation sites is 3. The van der Waals surface area contributed by atoms with E-state index in [0.29, 0.717) is 6.04 Å². The highest BCUT2D eigenvalue weighted by Crippen LogP contribution is 2.39. The summed E-state index contributed by atoms with van der Waals surface area (Å²) in [7, 11) is 0. The average Bonchev–Trinajstić information content (AvgIpc) is 3.45. The molecule has 0 radical (unpaired) electrons. The van der Waals surface area contributed by atoms with Gasteiger partial charge in [0.05, 0.1) is 11.4 Å². The van der Waals surface area contributed by atoms with Crippen LogP contribution in [0.5, 0.6) is 5.75 Å². The van der Waals surface area contributed by atoms with Gasteiger partial charge in [0.15, 0.2) is 6.61 Å². The number of fused-ring (bicyclic) bond motifs is 1. The van der Waals surface area contributed by atoms with Gasteiger partial charge in [-0.25, -0.2) is 0 Å². The van der Waals surface area contributed by atoms with E-state index in [9.17, 15) is 4.79 Å². The zero-order valence-corrected chi connectivity index (χ0v) is 13.9. The van der Waals surface area contributed by atoms with Crippen LogP contribution in [0.15, 0.2) is 48.5 Å². The molecule has 4 rings (SSSR count). The first-order valence-corrected chi connectivity index (χ1v) is 8.58. The summed E-state index contributed by atoms with van der Waals surface area (Å²) in [6.45, 7) is 3.69. The highest BCUT2D eigenvalue weighted by atomic mass is 16.5. The summed E-state index contributed by atoms with van der Waals surface area (Å²) >= 11 is 0. The Kier molecular flexibility index (Phi) is 3.89. The van der Waals surface area contributed by atoms with Gasteiger partial charge in [0, 0.05) is 19.1 Å². The summed E-state index contributed by atoms with van der Waals surface area (Å²) in [5.41, 5.74) is 3.23. The molecule has 1 fully saturated rings. The van der Waals surface area contributed by atoms with Gasteiger partial charge in [0.2, 0.25) is 0 Å². The van der Waals surface area contributed by atoms with Crippen molar-refractivity contribution in [2.45, 2.75) is 25.8 Å². The predicted octanol–water partition coefficient (Wildman–Crippen LogP) is 3.39. The molecule has 4 heteroatoms. The molecular weight excluding hydrogens is 300 g/mol. The minimum atomic E-state index is 0.0150. The van der Waals surface area contributed by atoms with Crippen LogP contribution in [0.2, 0.25) is 0 Å². The molecule has 2 aromatic rings. The fourth-order valence-corrected chi connectivity index (χ4v) is 3.34. The van der Waals surface area contributed by atoms with E-state index in [1.165, 1.54) is 18.5 Å². The molecule has 0 unspecified atom stereocenters. The van der Waals surface area contributed by atoms with Gasteiger partial charge in [0.1, 0.15) is 5.75 Å². The zero-order chi connectivity index (χ0) is 16.5. The SMILES string of the molecule is Cc1ccccc1OCC(=O)N1CCN(C2CC2)c2ccccc21. The number of carbonyl (C=O) groups excluding carboxylic acids is 1. The number of hydrogen-bond donors (Lipinski definition) is 0. The van der Waals surface area contributed by atoms with E-state index in [1.807, 2.05) is 54.3 Å². The van der Waals surface area contributed by atoms with E-state index in [2.05, 4.69) is 11.0 Å². The molecule has 4 nitrogen and oxygen atoms in total. The first kappa shape index (κ1) is 15.1. The fourth-order valence-electron chi connectivity index (χ4n) is 3.34. The highest BCUT2D eigenvalue weighted by molar-refractivity contribution is 5.98. The molecule has 0 saturated heterocycles. The minimum absolute atomic E-state index is 0.0150. The number of nitrogens with zero attached hydrogens (tertiary/aromatic N) is 2. The predicted molar refractivity (Wildman–Crippen MR) is 95.8 cm³/mol.